The summed E-state index contributed by atoms with van der Waals surface area (Å²) >= 11 is 0. The van der Waals surface area contributed by atoms with Gasteiger partial charge in [-0.1, -0.05) is 32.8 Å². The van der Waals surface area contributed by atoms with Crippen molar-refractivity contribution >= 4 is 0 Å². The quantitative estimate of drug-likeness (QED) is 0.795. The van der Waals surface area contributed by atoms with E-state index in [4.69, 9.17) is 4.74 Å². The summed E-state index contributed by atoms with van der Waals surface area (Å²) in [5, 5.41) is 3.50. The summed E-state index contributed by atoms with van der Waals surface area (Å²) in [5.74, 6) is 0.973. The van der Waals surface area contributed by atoms with Gasteiger partial charge in [-0.05, 0) is 25.8 Å². The van der Waals surface area contributed by atoms with Gasteiger partial charge >= 0.3 is 0 Å². The smallest absolute Gasteiger partial charge is 0.131 e. The van der Waals surface area contributed by atoms with Crippen LogP contribution in [0.3, 0.4) is 0 Å². The average molecular weight is 267 g/mol. The molecule has 0 fully saturated rings. The lowest BCUT2D eigenvalue weighted by Gasteiger charge is -2.27. The van der Waals surface area contributed by atoms with Gasteiger partial charge in [0.25, 0.3) is 0 Å². The number of ether oxygens (including phenoxy) is 1. The summed E-state index contributed by atoms with van der Waals surface area (Å²) in [4.78, 5) is 0. The molecule has 0 spiro atoms. The highest BCUT2D eigenvalue weighted by Gasteiger charge is 2.18. The normalized spacial score (nSPS) is 14.5. The number of methoxy groups -OCH3 is 1. The minimum absolute atomic E-state index is 0.00139. The standard InChI is InChI=1S/C16H26FNO/c1-6-13(7-2)11(3)18-12(4)15-9-8-14(19-5)10-16(15)17/h8-13,18H,6-7H2,1-5H3. The van der Waals surface area contributed by atoms with Crippen LogP contribution in [0.2, 0.25) is 0 Å². The van der Waals surface area contributed by atoms with E-state index in [0.717, 1.165) is 12.8 Å². The Morgan fingerprint density at radius 3 is 2.32 bits per heavy atom. The first-order valence-corrected chi connectivity index (χ1v) is 7.12. The van der Waals surface area contributed by atoms with Crippen molar-refractivity contribution in [3.8, 4) is 5.75 Å². The van der Waals surface area contributed by atoms with Crippen LogP contribution in [0.15, 0.2) is 18.2 Å². The van der Waals surface area contributed by atoms with Gasteiger partial charge in [-0.2, -0.15) is 0 Å². The topological polar surface area (TPSA) is 21.3 Å². The minimum Gasteiger partial charge on any atom is -0.497 e. The van der Waals surface area contributed by atoms with E-state index >= 15 is 0 Å². The fraction of sp³-hybridized carbons (Fsp3) is 0.625. The number of hydrogen-bond donors (Lipinski definition) is 1. The molecule has 0 bridgehead atoms. The minimum atomic E-state index is -0.212. The first-order chi connectivity index (χ1) is 9.03. The molecule has 0 heterocycles. The summed E-state index contributed by atoms with van der Waals surface area (Å²) in [6.45, 7) is 8.58. The molecule has 1 aromatic rings. The fourth-order valence-corrected chi connectivity index (χ4v) is 2.60. The number of nitrogens with one attached hydrogen (secondary N) is 1. The van der Waals surface area contributed by atoms with Crippen molar-refractivity contribution in [1.82, 2.24) is 5.32 Å². The van der Waals surface area contributed by atoms with Gasteiger partial charge in [0.2, 0.25) is 0 Å². The van der Waals surface area contributed by atoms with Gasteiger partial charge in [-0.3, -0.25) is 0 Å². The van der Waals surface area contributed by atoms with Crippen LogP contribution in [0.1, 0.15) is 52.1 Å². The first kappa shape index (κ1) is 16.0. The van der Waals surface area contributed by atoms with E-state index in [2.05, 4.69) is 26.1 Å². The third kappa shape index (κ3) is 4.20. The van der Waals surface area contributed by atoms with E-state index < -0.39 is 0 Å². The molecule has 0 aromatic heterocycles. The van der Waals surface area contributed by atoms with E-state index in [-0.39, 0.29) is 11.9 Å². The molecule has 1 aromatic carbocycles. The van der Waals surface area contributed by atoms with Gasteiger partial charge in [-0.15, -0.1) is 0 Å². The van der Waals surface area contributed by atoms with Crippen molar-refractivity contribution in [1.29, 1.82) is 0 Å². The predicted octanol–water partition coefficient (Wildman–Crippen LogP) is 4.31. The van der Waals surface area contributed by atoms with Crippen molar-refractivity contribution in [3.63, 3.8) is 0 Å². The van der Waals surface area contributed by atoms with Gasteiger partial charge in [0.15, 0.2) is 0 Å². The molecule has 0 aliphatic rings. The lowest BCUT2D eigenvalue weighted by atomic mass is 9.94. The van der Waals surface area contributed by atoms with E-state index in [0.29, 0.717) is 23.3 Å². The molecule has 2 atom stereocenters. The van der Waals surface area contributed by atoms with Crippen LogP contribution in [0.4, 0.5) is 4.39 Å². The summed E-state index contributed by atoms with van der Waals surface area (Å²) in [5.41, 5.74) is 0.693. The van der Waals surface area contributed by atoms with Gasteiger partial charge in [0, 0.05) is 23.7 Å². The molecule has 0 saturated heterocycles. The van der Waals surface area contributed by atoms with Gasteiger partial charge in [0.1, 0.15) is 11.6 Å². The molecule has 19 heavy (non-hydrogen) atoms. The summed E-state index contributed by atoms with van der Waals surface area (Å²) in [6.07, 6.45) is 2.28. The SMILES string of the molecule is CCC(CC)C(C)NC(C)c1ccc(OC)cc1F. The van der Waals surface area contributed by atoms with Crippen molar-refractivity contribution in [3.05, 3.63) is 29.6 Å². The molecule has 0 saturated carbocycles. The zero-order chi connectivity index (χ0) is 14.4. The molecule has 0 aliphatic carbocycles. The average Bonchev–Trinajstić information content (AvgIpc) is 2.39. The third-order valence-corrected chi connectivity index (χ3v) is 3.94. The molecule has 108 valence electrons. The Kier molecular flexibility index (Phi) is 6.29. The lowest BCUT2D eigenvalue weighted by molar-refractivity contribution is 0.326. The molecule has 1 N–H and O–H groups in total. The maximum absolute atomic E-state index is 14.0. The molecule has 0 amide bonds. The van der Waals surface area contributed by atoms with E-state index in [1.807, 2.05) is 6.92 Å². The van der Waals surface area contributed by atoms with Crippen LogP contribution < -0.4 is 10.1 Å². The van der Waals surface area contributed by atoms with E-state index in [9.17, 15) is 4.39 Å². The molecule has 0 aliphatic heterocycles. The number of hydrogen-bond acceptors (Lipinski definition) is 2. The molecule has 0 radical (unpaired) electrons. The zero-order valence-electron chi connectivity index (χ0n) is 12.7. The van der Waals surface area contributed by atoms with E-state index in [1.54, 1.807) is 19.2 Å². The Labute approximate surface area is 116 Å². The lowest BCUT2D eigenvalue weighted by Crippen LogP contribution is -2.35. The van der Waals surface area contributed by atoms with Gasteiger partial charge in [-0.25, -0.2) is 4.39 Å². The molecule has 3 heteroatoms. The van der Waals surface area contributed by atoms with Crippen LogP contribution in [0.5, 0.6) is 5.75 Å². The fourth-order valence-electron chi connectivity index (χ4n) is 2.60. The number of halogens is 1. The first-order valence-electron chi connectivity index (χ1n) is 7.12. The number of rotatable bonds is 7. The maximum Gasteiger partial charge on any atom is 0.131 e. The Balaban J connectivity index is 2.75. The summed E-state index contributed by atoms with van der Waals surface area (Å²) < 4.78 is 19.0. The molecule has 1 rings (SSSR count). The van der Waals surface area contributed by atoms with Crippen LogP contribution in [-0.4, -0.2) is 13.2 Å². The highest BCUT2D eigenvalue weighted by molar-refractivity contribution is 5.30. The Morgan fingerprint density at radius 2 is 1.84 bits per heavy atom. The second-order valence-electron chi connectivity index (χ2n) is 5.14. The molecule has 2 unspecified atom stereocenters. The molecular formula is C16H26FNO. The molecular weight excluding hydrogens is 241 g/mol. The Hall–Kier alpha value is -1.09. The molecule has 2 nitrogen and oxygen atoms in total. The summed E-state index contributed by atoms with van der Waals surface area (Å²) in [7, 11) is 1.55. The highest BCUT2D eigenvalue weighted by Crippen LogP contribution is 2.23. The third-order valence-electron chi connectivity index (χ3n) is 3.94. The van der Waals surface area contributed by atoms with Crippen molar-refractivity contribution in [2.75, 3.05) is 7.11 Å². The monoisotopic (exact) mass is 267 g/mol. The van der Waals surface area contributed by atoms with Crippen molar-refractivity contribution in [2.24, 2.45) is 5.92 Å². The maximum atomic E-state index is 14.0. The Morgan fingerprint density at radius 1 is 1.21 bits per heavy atom. The van der Waals surface area contributed by atoms with Gasteiger partial charge in [0.05, 0.1) is 7.11 Å². The number of benzene rings is 1. The van der Waals surface area contributed by atoms with Crippen molar-refractivity contribution < 1.29 is 9.13 Å². The second-order valence-corrected chi connectivity index (χ2v) is 5.14. The van der Waals surface area contributed by atoms with E-state index in [1.165, 1.54) is 6.07 Å². The Bertz CT molecular complexity index is 390. The van der Waals surface area contributed by atoms with Crippen LogP contribution in [-0.2, 0) is 0 Å². The van der Waals surface area contributed by atoms with Crippen LogP contribution in [0, 0.1) is 11.7 Å². The summed E-state index contributed by atoms with van der Waals surface area (Å²) in [6, 6.07) is 5.42. The van der Waals surface area contributed by atoms with Crippen LogP contribution in [0.25, 0.3) is 0 Å². The predicted molar refractivity (Wildman–Crippen MR) is 78.0 cm³/mol. The largest absolute Gasteiger partial charge is 0.497 e. The van der Waals surface area contributed by atoms with Crippen LogP contribution >= 0.6 is 0 Å². The highest BCUT2D eigenvalue weighted by atomic mass is 19.1. The zero-order valence-corrected chi connectivity index (χ0v) is 12.7. The second kappa shape index (κ2) is 7.49. The van der Waals surface area contributed by atoms with Gasteiger partial charge < -0.3 is 10.1 Å². The van der Waals surface area contributed by atoms with Crippen molar-refractivity contribution in [2.45, 2.75) is 52.6 Å².